The molecule has 0 bridgehead atoms. The predicted molar refractivity (Wildman–Crippen MR) is 85.9 cm³/mol. The van der Waals surface area contributed by atoms with Crippen LogP contribution in [0.25, 0.3) is 0 Å². The molecule has 5 nitrogen and oxygen atoms in total. The van der Waals surface area contributed by atoms with Gasteiger partial charge in [-0.1, -0.05) is 38.1 Å². The molecule has 0 spiro atoms. The number of anilines is 1. The molecule has 5 heteroatoms. The maximum atomic E-state index is 11.0. The molecule has 0 aliphatic heterocycles. The van der Waals surface area contributed by atoms with Gasteiger partial charge in [0, 0.05) is 11.8 Å². The van der Waals surface area contributed by atoms with E-state index in [1.54, 1.807) is 12.1 Å². The van der Waals surface area contributed by atoms with E-state index in [2.05, 4.69) is 9.73 Å². The molecule has 2 aromatic rings. The van der Waals surface area contributed by atoms with Gasteiger partial charge in [0.1, 0.15) is 6.04 Å². The maximum Gasteiger partial charge on any atom is 0.335 e. The molecule has 1 aromatic carbocycles. The number of hydrogen-bond acceptors (Lipinski definition) is 4. The number of aliphatic carboxylic acids is 1. The first-order valence-electron chi connectivity index (χ1n) is 7.07. The second kappa shape index (κ2) is 9.39. The van der Waals surface area contributed by atoms with Crippen molar-refractivity contribution in [2.45, 2.75) is 26.3 Å². The summed E-state index contributed by atoms with van der Waals surface area (Å²) in [6.45, 7) is 4.03. The molecule has 1 heterocycles. The third-order valence-electron chi connectivity index (χ3n) is 2.73. The van der Waals surface area contributed by atoms with Crippen molar-refractivity contribution in [1.29, 1.82) is 0 Å². The van der Waals surface area contributed by atoms with Gasteiger partial charge in [0.25, 0.3) is 0 Å². The number of benzene rings is 1. The Morgan fingerprint density at radius 3 is 2.18 bits per heavy atom. The molecule has 1 aromatic heterocycles. The molecule has 2 N–H and O–H groups in total. The van der Waals surface area contributed by atoms with E-state index in [0.29, 0.717) is 12.3 Å². The van der Waals surface area contributed by atoms with E-state index >= 15 is 0 Å². The fraction of sp³-hybridized carbons (Fsp3) is 0.294. The summed E-state index contributed by atoms with van der Waals surface area (Å²) in [5.74, 6) is -0.435. The Hall–Kier alpha value is -2.56. The van der Waals surface area contributed by atoms with Crippen LogP contribution in [0.3, 0.4) is 0 Å². The SMILES string of the molecule is CC(C)CC(Nc1ccccc1)C(=O)O.O=c1cccco1. The van der Waals surface area contributed by atoms with Crippen molar-refractivity contribution < 1.29 is 14.3 Å². The second-order valence-electron chi connectivity index (χ2n) is 5.16. The molecule has 22 heavy (non-hydrogen) atoms. The smallest absolute Gasteiger partial charge is 0.335 e. The van der Waals surface area contributed by atoms with Crippen LogP contribution in [0.5, 0.6) is 0 Å². The molecule has 1 atom stereocenters. The van der Waals surface area contributed by atoms with E-state index in [-0.39, 0.29) is 5.63 Å². The number of carboxylic acids is 1. The molecular formula is C17H21NO4. The maximum absolute atomic E-state index is 11.0. The lowest BCUT2D eigenvalue weighted by Crippen LogP contribution is -2.30. The van der Waals surface area contributed by atoms with Crippen molar-refractivity contribution in [3.05, 3.63) is 65.2 Å². The fourth-order valence-corrected chi connectivity index (χ4v) is 1.75. The molecule has 0 saturated carbocycles. The predicted octanol–water partition coefficient (Wildman–Crippen LogP) is 3.24. The van der Waals surface area contributed by atoms with Gasteiger partial charge < -0.3 is 14.8 Å². The Labute approximate surface area is 129 Å². The van der Waals surface area contributed by atoms with Gasteiger partial charge >= 0.3 is 11.6 Å². The zero-order chi connectivity index (χ0) is 16.4. The van der Waals surface area contributed by atoms with Gasteiger partial charge in [0.05, 0.1) is 6.26 Å². The van der Waals surface area contributed by atoms with Gasteiger partial charge in [-0.15, -0.1) is 0 Å². The molecule has 0 fully saturated rings. The lowest BCUT2D eigenvalue weighted by molar-refractivity contribution is -0.138. The summed E-state index contributed by atoms with van der Waals surface area (Å²) in [6.07, 6.45) is 1.98. The topological polar surface area (TPSA) is 79.5 Å². The minimum absolute atomic E-state index is 0.303. The molecule has 0 radical (unpaired) electrons. The van der Waals surface area contributed by atoms with Crippen molar-refractivity contribution in [2.75, 3.05) is 5.32 Å². The summed E-state index contributed by atoms with van der Waals surface area (Å²) in [4.78, 5) is 21.1. The summed E-state index contributed by atoms with van der Waals surface area (Å²) in [5, 5.41) is 12.0. The normalized spacial score (nSPS) is 11.2. The molecular weight excluding hydrogens is 282 g/mol. The van der Waals surface area contributed by atoms with E-state index in [9.17, 15) is 9.59 Å². The Morgan fingerprint density at radius 2 is 1.77 bits per heavy atom. The first-order chi connectivity index (χ1) is 10.5. The minimum atomic E-state index is -0.799. The lowest BCUT2D eigenvalue weighted by Gasteiger charge is -2.17. The van der Waals surface area contributed by atoms with Gasteiger partial charge in [0.15, 0.2) is 0 Å². The average molecular weight is 303 g/mol. The van der Waals surface area contributed by atoms with Crippen molar-refractivity contribution in [3.8, 4) is 0 Å². The highest BCUT2D eigenvalue weighted by Gasteiger charge is 2.18. The fourth-order valence-electron chi connectivity index (χ4n) is 1.75. The van der Waals surface area contributed by atoms with Crippen LogP contribution < -0.4 is 10.9 Å². The largest absolute Gasteiger partial charge is 0.480 e. The third kappa shape index (κ3) is 7.28. The summed E-state index contributed by atoms with van der Waals surface area (Å²) in [6, 6.07) is 13.6. The molecule has 0 amide bonds. The van der Waals surface area contributed by atoms with Crippen LogP contribution in [0, 0.1) is 5.92 Å². The Morgan fingerprint density at radius 1 is 1.14 bits per heavy atom. The first kappa shape index (κ1) is 17.5. The quantitative estimate of drug-likeness (QED) is 0.886. The van der Waals surface area contributed by atoms with Crippen molar-refractivity contribution in [2.24, 2.45) is 5.92 Å². The molecule has 0 aliphatic carbocycles. The van der Waals surface area contributed by atoms with E-state index in [1.165, 1.54) is 12.3 Å². The summed E-state index contributed by atoms with van der Waals surface area (Å²) < 4.78 is 4.37. The Kier molecular flexibility index (Phi) is 7.47. The zero-order valence-corrected chi connectivity index (χ0v) is 12.7. The van der Waals surface area contributed by atoms with E-state index in [1.807, 2.05) is 44.2 Å². The van der Waals surface area contributed by atoms with Crippen LogP contribution in [-0.4, -0.2) is 17.1 Å². The van der Waals surface area contributed by atoms with Gasteiger partial charge in [-0.2, -0.15) is 0 Å². The van der Waals surface area contributed by atoms with Gasteiger partial charge in [-0.3, -0.25) is 0 Å². The van der Waals surface area contributed by atoms with E-state index in [0.717, 1.165) is 5.69 Å². The Bertz CT molecular complexity index is 590. The number of carboxylic acid groups (broad SMARTS) is 1. The number of carbonyl (C=O) groups is 1. The standard InChI is InChI=1S/C12H17NO2.C5H4O2/c1-9(2)8-11(12(14)15)13-10-6-4-3-5-7-10;6-5-3-1-2-4-7-5/h3-7,9,11,13H,8H2,1-2H3,(H,14,15);1-4H. The van der Waals surface area contributed by atoms with Gasteiger partial charge in [-0.05, 0) is 30.5 Å². The van der Waals surface area contributed by atoms with Crippen molar-refractivity contribution >= 4 is 11.7 Å². The minimum Gasteiger partial charge on any atom is -0.480 e. The summed E-state index contributed by atoms with van der Waals surface area (Å²) >= 11 is 0. The average Bonchev–Trinajstić information content (AvgIpc) is 2.48. The van der Waals surface area contributed by atoms with Crippen LogP contribution in [0.2, 0.25) is 0 Å². The van der Waals surface area contributed by atoms with E-state index in [4.69, 9.17) is 5.11 Å². The van der Waals surface area contributed by atoms with E-state index < -0.39 is 12.0 Å². The number of nitrogens with one attached hydrogen (secondary N) is 1. The summed E-state index contributed by atoms with van der Waals surface area (Å²) in [5.41, 5.74) is 0.549. The van der Waals surface area contributed by atoms with Crippen molar-refractivity contribution in [3.63, 3.8) is 0 Å². The number of para-hydroxylation sites is 1. The summed E-state index contributed by atoms with van der Waals surface area (Å²) in [7, 11) is 0. The first-order valence-corrected chi connectivity index (χ1v) is 7.07. The van der Waals surface area contributed by atoms with Gasteiger partial charge in [0.2, 0.25) is 0 Å². The molecule has 1 unspecified atom stereocenters. The number of rotatable bonds is 5. The van der Waals surface area contributed by atoms with Crippen LogP contribution in [0.1, 0.15) is 20.3 Å². The third-order valence-corrected chi connectivity index (χ3v) is 2.73. The second-order valence-corrected chi connectivity index (χ2v) is 5.16. The van der Waals surface area contributed by atoms with Crippen LogP contribution in [0.15, 0.2) is 64.0 Å². The van der Waals surface area contributed by atoms with Gasteiger partial charge in [-0.25, -0.2) is 9.59 Å². The molecule has 2 rings (SSSR count). The lowest BCUT2D eigenvalue weighted by atomic mass is 10.0. The van der Waals surface area contributed by atoms with Crippen LogP contribution in [-0.2, 0) is 4.79 Å². The number of hydrogen-bond donors (Lipinski definition) is 2. The highest BCUT2D eigenvalue weighted by atomic mass is 16.4. The molecule has 118 valence electrons. The highest BCUT2D eigenvalue weighted by molar-refractivity contribution is 5.77. The monoisotopic (exact) mass is 303 g/mol. The molecule has 0 aliphatic rings. The molecule has 0 saturated heterocycles. The van der Waals surface area contributed by atoms with Crippen LogP contribution in [0.4, 0.5) is 5.69 Å². The zero-order valence-electron chi connectivity index (χ0n) is 12.7. The van der Waals surface area contributed by atoms with Crippen molar-refractivity contribution in [1.82, 2.24) is 0 Å². The van der Waals surface area contributed by atoms with Crippen LogP contribution >= 0.6 is 0 Å². The highest BCUT2D eigenvalue weighted by Crippen LogP contribution is 2.12. The Balaban J connectivity index is 0.000000287.